The maximum Gasteiger partial charge on any atom is 0.224 e. The van der Waals surface area contributed by atoms with E-state index in [1.807, 2.05) is 27.7 Å². The minimum Gasteiger partial charge on any atom is -0.497 e. The number of carbonyl (C=O) groups is 1. The number of rotatable bonds is 6. The van der Waals surface area contributed by atoms with Crippen molar-refractivity contribution in [2.24, 2.45) is 0 Å². The molecule has 0 saturated heterocycles. The van der Waals surface area contributed by atoms with E-state index in [1.54, 1.807) is 32.4 Å². The van der Waals surface area contributed by atoms with E-state index in [0.29, 0.717) is 35.9 Å². The van der Waals surface area contributed by atoms with Crippen molar-refractivity contribution in [2.75, 3.05) is 19.5 Å². The van der Waals surface area contributed by atoms with Gasteiger partial charge in [0, 0.05) is 24.3 Å². The molecule has 6 heteroatoms. The molecule has 0 radical (unpaired) electrons. The maximum absolute atomic E-state index is 12.3. The number of oxazole rings is 1. The number of ether oxygens (including phenoxy) is 2. The van der Waals surface area contributed by atoms with Crippen molar-refractivity contribution >= 4 is 11.6 Å². The minimum atomic E-state index is -0.151. The Morgan fingerprint density at radius 3 is 2.52 bits per heavy atom. The zero-order valence-electron chi connectivity index (χ0n) is 15.7. The Balaban J connectivity index is 2.01. The third-order valence-corrected chi connectivity index (χ3v) is 3.80. The summed E-state index contributed by atoms with van der Waals surface area (Å²) in [6.45, 7) is 8.04. The molecule has 136 valence electrons. The number of amides is 1. The van der Waals surface area contributed by atoms with Gasteiger partial charge in [0.25, 0.3) is 0 Å². The van der Waals surface area contributed by atoms with Crippen molar-refractivity contribution < 1.29 is 18.7 Å². The topological polar surface area (TPSA) is 73.6 Å². The van der Waals surface area contributed by atoms with Crippen LogP contribution < -0.4 is 14.8 Å². The predicted molar refractivity (Wildman–Crippen MR) is 96.4 cm³/mol. The normalized spacial score (nSPS) is 11.3. The summed E-state index contributed by atoms with van der Waals surface area (Å²) < 4.78 is 16.3. The molecule has 0 fully saturated rings. The summed E-state index contributed by atoms with van der Waals surface area (Å²) in [6.07, 6.45) is 0.800. The van der Waals surface area contributed by atoms with Crippen LogP contribution in [0.2, 0.25) is 0 Å². The number of nitrogens with one attached hydrogen (secondary N) is 1. The Bertz CT molecular complexity index is 744. The molecule has 2 rings (SSSR count). The Morgan fingerprint density at radius 2 is 1.96 bits per heavy atom. The van der Waals surface area contributed by atoms with Crippen LogP contribution in [0, 0.1) is 6.92 Å². The molecular formula is C19H26N2O4. The van der Waals surface area contributed by atoms with Crippen LogP contribution in [0.25, 0.3) is 0 Å². The van der Waals surface area contributed by atoms with E-state index in [0.717, 1.165) is 11.5 Å². The summed E-state index contributed by atoms with van der Waals surface area (Å²) in [5.74, 6) is 2.55. The number of nitrogens with zero attached hydrogens (tertiary/aromatic N) is 1. The van der Waals surface area contributed by atoms with Gasteiger partial charge < -0.3 is 19.2 Å². The molecule has 0 spiro atoms. The summed E-state index contributed by atoms with van der Waals surface area (Å²) in [5.41, 5.74) is 1.29. The van der Waals surface area contributed by atoms with Crippen LogP contribution in [0.3, 0.4) is 0 Å². The molecule has 0 saturated carbocycles. The van der Waals surface area contributed by atoms with Crippen LogP contribution >= 0.6 is 0 Å². The second-order valence-electron chi connectivity index (χ2n) is 6.89. The van der Waals surface area contributed by atoms with Gasteiger partial charge in [0.2, 0.25) is 5.91 Å². The summed E-state index contributed by atoms with van der Waals surface area (Å²) in [4.78, 5) is 16.7. The lowest BCUT2D eigenvalue weighted by molar-refractivity contribution is -0.116. The molecule has 1 heterocycles. The largest absolute Gasteiger partial charge is 0.497 e. The van der Waals surface area contributed by atoms with Gasteiger partial charge in [0.05, 0.1) is 25.6 Å². The second-order valence-corrected chi connectivity index (χ2v) is 6.89. The molecular weight excluding hydrogens is 320 g/mol. The molecule has 0 bridgehead atoms. The number of benzene rings is 1. The van der Waals surface area contributed by atoms with Gasteiger partial charge in [-0.3, -0.25) is 4.79 Å². The van der Waals surface area contributed by atoms with Crippen LogP contribution in [0.1, 0.15) is 44.5 Å². The molecule has 1 N–H and O–H groups in total. The molecule has 1 aromatic carbocycles. The Morgan fingerprint density at radius 1 is 1.24 bits per heavy atom. The first kappa shape index (κ1) is 18.8. The molecule has 1 aromatic heterocycles. The lowest BCUT2D eigenvalue weighted by Crippen LogP contribution is -2.13. The van der Waals surface area contributed by atoms with Crippen LogP contribution in [-0.4, -0.2) is 25.1 Å². The standard InChI is InChI=1S/C19H26N2O4/c1-12-15(25-18(20-12)19(2,3)4)9-10-17(22)21-14-8-7-13(23-5)11-16(14)24-6/h7-8,11H,9-10H2,1-6H3,(H,21,22). The zero-order valence-corrected chi connectivity index (χ0v) is 15.7. The fraction of sp³-hybridized carbons (Fsp3) is 0.474. The van der Waals surface area contributed by atoms with Crippen molar-refractivity contribution in [2.45, 2.75) is 46.0 Å². The van der Waals surface area contributed by atoms with Crippen molar-refractivity contribution in [1.29, 1.82) is 0 Å². The fourth-order valence-corrected chi connectivity index (χ4v) is 2.32. The quantitative estimate of drug-likeness (QED) is 0.859. The first-order chi connectivity index (χ1) is 11.7. The van der Waals surface area contributed by atoms with Crippen LogP contribution in [0.15, 0.2) is 22.6 Å². The number of aromatic nitrogens is 1. The summed E-state index contributed by atoms with van der Waals surface area (Å²) in [5, 5.41) is 2.86. The van der Waals surface area contributed by atoms with E-state index in [4.69, 9.17) is 13.9 Å². The number of hydrogen-bond donors (Lipinski definition) is 1. The van der Waals surface area contributed by atoms with Crippen LogP contribution in [0.4, 0.5) is 5.69 Å². The Hall–Kier alpha value is -2.50. The third kappa shape index (κ3) is 4.75. The third-order valence-electron chi connectivity index (χ3n) is 3.80. The Labute approximate surface area is 148 Å². The van der Waals surface area contributed by atoms with E-state index in [9.17, 15) is 4.79 Å². The first-order valence-electron chi connectivity index (χ1n) is 8.23. The van der Waals surface area contributed by atoms with Gasteiger partial charge in [0.1, 0.15) is 17.3 Å². The van der Waals surface area contributed by atoms with E-state index >= 15 is 0 Å². The molecule has 0 aliphatic carbocycles. The number of aryl methyl sites for hydroxylation is 2. The lowest BCUT2D eigenvalue weighted by Gasteiger charge is -2.12. The van der Waals surface area contributed by atoms with Gasteiger partial charge in [-0.2, -0.15) is 0 Å². The average molecular weight is 346 g/mol. The molecule has 6 nitrogen and oxygen atoms in total. The molecule has 1 amide bonds. The highest BCUT2D eigenvalue weighted by atomic mass is 16.5. The van der Waals surface area contributed by atoms with Crippen molar-refractivity contribution in [3.8, 4) is 11.5 Å². The van der Waals surface area contributed by atoms with E-state index < -0.39 is 0 Å². The SMILES string of the molecule is COc1ccc(NC(=O)CCc2oc(C(C)(C)C)nc2C)c(OC)c1. The number of methoxy groups -OCH3 is 2. The smallest absolute Gasteiger partial charge is 0.224 e. The van der Waals surface area contributed by atoms with Crippen LogP contribution in [-0.2, 0) is 16.6 Å². The lowest BCUT2D eigenvalue weighted by atomic mass is 9.97. The number of hydrogen-bond acceptors (Lipinski definition) is 5. The summed E-state index contributed by atoms with van der Waals surface area (Å²) >= 11 is 0. The first-order valence-corrected chi connectivity index (χ1v) is 8.23. The van der Waals surface area contributed by atoms with Gasteiger partial charge in [-0.05, 0) is 19.1 Å². The summed E-state index contributed by atoms with van der Waals surface area (Å²) in [7, 11) is 3.13. The highest BCUT2D eigenvalue weighted by Gasteiger charge is 2.22. The van der Waals surface area contributed by atoms with E-state index in [-0.39, 0.29) is 11.3 Å². The van der Waals surface area contributed by atoms with Crippen LogP contribution in [0.5, 0.6) is 11.5 Å². The van der Waals surface area contributed by atoms with Crippen molar-refractivity contribution in [1.82, 2.24) is 4.98 Å². The van der Waals surface area contributed by atoms with E-state index in [2.05, 4.69) is 10.3 Å². The monoisotopic (exact) mass is 346 g/mol. The summed E-state index contributed by atoms with van der Waals surface area (Å²) in [6, 6.07) is 5.26. The van der Waals surface area contributed by atoms with Gasteiger partial charge in [-0.1, -0.05) is 20.8 Å². The van der Waals surface area contributed by atoms with Gasteiger partial charge in [-0.15, -0.1) is 0 Å². The van der Waals surface area contributed by atoms with Gasteiger partial charge in [0.15, 0.2) is 5.89 Å². The molecule has 0 aliphatic heterocycles. The fourth-order valence-electron chi connectivity index (χ4n) is 2.32. The van der Waals surface area contributed by atoms with Gasteiger partial charge in [-0.25, -0.2) is 4.98 Å². The number of carbonyl (C=O) groups excluding carboxylic acids is 1. The maximum atomic E-state index is 12.3. The molecule has 2 aromatic rings. The van der Waals surface area contributed by atoms with E-state index in [1.165, 1.54) is 0 Å². The molecule has 0 aliphatic rings. The zero-order chi connectivity index (χ0) is 18.6. The highest BCUT2D eigenvalue weighted by molar-refractivity contribution is 5.92. The highest BCUT2D eigenvalue weighted by Crippen LogP contribution is 2.29. The van der Waals surface area contributed by atoms with Crippen molar-refractivity contribution in [3.63, 3.8) is 0 Å². The van der Waals surface area contributed by atoms with Gasteiger partial charge >= 0.3 is 0 Å². The van der Waals surface area contributed by atoms with Crippen molar-refractivity contribution in [3.05, 3.63) is 35.5 Å². The minimum absolute atomic E-state index is 0.114. The second kappa shape index (κ2) is 7.59. The average Bonchev–Trinajstić information content (AvgIpc) is 2.94. The molecule has 0 atom stereocenters. The Kier molecular flexibility index (Phi) is 5.72. The molecule has 25 heavy (non-hydrogen) atoms. The predicted octanol–water partition coefficient (Wildman–Crippen LogP) is 3.87. The number of anilines is 1. The molecule has 0 unspecified atom stereocenters.